The Kier molecular flexibility index (Phi) is 6.01. The van der Waals surface area contributed by atoms with E-state index < -0.39 is 21.2 Å². The number of benzene rings is 3. The predicted molar refractivity (Wildman–Crippen MR) is 125 cm³/mol. The smallest absolute Gasteiger partial charge is 0.345 e. The van der Waals surface area contributed by atoms with E-state index in [1.54, 1.807) is 54.6 Å². The van der Waals surface area contributed by atoms with Crippen LogP contribution in [0, 0.1) is 0 Å². The van der Waals surface area contributed by atoms with Crippen molar-refractivity contribution in [3.63, 3.8) is 0 Å². The van der Waals surface area contributed by atoms with Gasteiger partial charge < -0.3 is 4.42 Å². The molecule has 4 rings (SSSR count). The summed E-state index contributed by atoms with van der Waals surface area (Å²) in [4.78, 5) is 12.9. The zero-order valence-electron chi connectivity index (χ0n) is 16.2. The Balaban J connectivity index is 1.81. The number of nitrogens with zero attached hydrogens (tertiary/aromatic N) is 1. The summed E-state index contributed by atoms with van der Waals surface area (Å²) in [7, 11) is -3.75. The summed E-state index contributed by atoms with van der Waals surface area (Å²) in [5.41, 5.74) is 3.37. The van der Waals surface area contributed by atoms with Crippen molar-refractivity contribution < 1.29 is 12.8 Å². The van der Waals surface area contributed by atoms with Gasteiger partial charge in [-0.2, -0.15) is 5.10 Å². The third-order valence-corrected chi connectivity index (χ3v) is 6.67. The van der Waals surface area contributed by atoms with Crippen molar-refractivity contribution in [2.45, 2.75) is 4.90 Å². The molecule has 156 valence electrons. The molecule has 0 aliphatic heterocycles. The highest BCUT2D eigenvalue weighted by Crippen LogP contribution is 2.21. The Bertz CT molecular complexity index is 1420. The van der Waals surface area contributed by atoms with E-state index in [-0.39, 0.29) is 16.2 Å². The fraction of sp³-hybridized carbons (Fsp3) is 0.0435. The highest BCUT2D eigenvalue weighted by Gasteiger charge is 2.22. The molecule has 0 spiro atoms. The number of fused-ring (bicyclic) bond motifs is 1. The molecule has 0 unspecified atom stereocenters. The number of hydrogen-bond donors (Lipinski definition) is 1. The summed E-state index contributed by atoms with van der Waals surface area (Å²) < 4.78 is 32.2. The van der Waals surface area contributed by atoms with Gasteiger partial charge in [-0.1, -0.05) is 52.3 Å². The van der Waals surface area contributed by atoms with Crippen molar-refractivity contribution in [1.29, 1.82) is 0 Å². The Labute approximate surface area is 187 Å². The zero-order chi connectivity index (χ0) is 21.8. The molecule has 3 aromatic carbocycles. The van der Waals surface area contributed by atoms with Gasteiger partial charge in [-0.3, -0.25) is 5.43 Å². The van der Waals surface area contributed by atoms with Crippen LogP contribution in [-0.4, -0.2) is 19.9 Å². The lowest BCUT2D eigenvalue weighted by molar-refractivity contribution is 0.559. The van der Waals surface area contributed by atoms with Crippen molar-refractivity contribution in [1.82, 2.24) is 0 Å². The molecule has 0 saturated heterocycles. The molecule has 8 heteroatoms. The van der Waals surface area contributed by atoms with E-state index >= 15 is 0 Å². The van der Waals surface area contributed by atoms with E-state index in [1.165, 1.54) is 12.1 Å². The van der Waals surface area contributed by atoms with E-state index in [0.717, 1.165) is 4.47 Å². The van der Waals surface area contributed by atoms with E-state index in [9.17, 15) is 13.2 Å². The lowest BCUT2D eigenvalue weighted by Crippen LogP contribution is -2.24. The monoisotopic (exact) mass is 496 g/mol. The van der Waals surface area contributed by atoms with Crippen molar-refractivity contribution in [2.75, 3.05) is 11.2 Å². The number of hydrazone groups is 1. The predicted octanol–water partition coefficient (Wildman–Crippen LogP) is 4.85. The molecule has 0 saturated carbocycles. The standard InChI is InChI=1S/C23H17BrN2O4S/c24-17-11-12-22-16(13-17)14-20(23(27)30-22)21(26-25-18-7-3-1-4-8-18)15-31(28,29)19-9-5-2-6-10-19/h1-14,25H,15H2/b26-21+. The number of sulfone groups is 1. The summed E-state index contributed by atoms with van der Waals surface area (Å²) in [5.74, 6) is -0.471. The fourth-order valence-electron chi connectivity index (χ4n) is 3.00. The van der Waals surface area contributed by atoms with Gasteiger partial charge in [0.15, 0.2) is 9.84 Å². The third kappa shape index (κ3) is 4.92. The minimum absolute atomic E-state index is 0.0586. The molecule has 0 amide bonds. The minimum atomic E-state index is -3.75. The van der Waals surface area contributed by atoms with Crippen LogP contribution in [0.25, 0.3) is 11.0 Å². The van der Waals surface area contributed by atoms with Crippen molar-refractivity contribution in [3.05, 3.63) is 105 Å². The van der Waals surface area contributed by atoms with Gasteiger partial charge in [0, 0.05) is 9.86 Å². The maximum absolute atomic E-state index is 13.0. The molecule has 4 aromatic rings. The number of para-hydroxylation sites is 1. The molecular weight excluding hydrogens is 480 g/mol. The first-order chi connectivity index (χ1) is 14.9. The van der Waals surface area contributed by atoms with Crippen LogP contribution in [0.3, 0.4) is 0 Å². The second-order valence-corrected chi connectivity index (χ2v) is 9.64. The average molecular weight is 497 g/mol. The molecular formula is C23H17BrN2O4S. The summed E-state index contributed by atoms with van der Waals surface area (Å²) in [6, 6.07) is 23.9. The van der Waals surface area contributed by atoms with E-state index in [1.807, 2.05) is 18.2 Å². The van der Waals surface area contributed by atoms with Gasteiger partial charge in [0.25, 0.3) is 0 Å². The van der Waals surface area contributed by atoms with E-state index in [2.05, 4.69) is 26.5 Å². The van der Waals surface area contributed by atoms with Crippen LogP contribution in [0.1, 0.15) is 5.56 Å². The number of anilines is 1. The molecule has 31 heavy (non-hydrogen) atoms. The molecule has 0 fully saturated rings. The Morgan fingerprint density at radius 3 is 2.32 bits per heavy atom. The number of hydrogen-bond acceptors (Lipinski definition) is 6. The molecule has 1 heterocycles. The Hall–Kier alpha value is -3.23. The molecule has 0 radical (unpaired) electrons. The largest absolute Gasteiger partial charge is 0.422 e. The second kappa shape index (κ2) is 8.87. The maximum atomic E-state index is 13.0. The lowest BCUT2D eigenvalue weighted by Gasteiger charge is -2.10. The summed E-state index contributed by atoms with van der Waals surface area (Å²) >= 11 is 3.40. The van der Waals surface area contributed by atoms with Crippen LogP contribution >= 0.6 is 15.9 Å². The quantitative estimate of drug-likeness (QED) is 0.234. The fourth-order valence-corrected chi connectivity index (χ4v) is 4.70. The van der Waals surface area contributed by atoms with Crippen LogP contribution in [0.15, 0.2) is 109 Å². The zero-order valence-corrected chi connectivity index (χ0v) is 18.6. The lowest BCUT2D eigenvalue weighted by atomic mass is 10.1. The number of rotatable bonds is 6. The van der Waals surface area contributed by atoms with E-state index in [0.29, 0.717) is 16.7 Å². The van der Waals surface area contributed by atoms with Gasteiger partial charge in [-0.25, -0.2) is 13.2 Å². The average Bonchev–Trinajstić information content (AvgIpc) is 2.78. The van der Waals surface area contributed by atoms with Crippen LogP contribution < -0.4 is 11.1 Å². The highest BCUT2D eigenvalue weighted by molar-refractivity contribution is 9.10. The van der Waals surface area contributed by atoms with Gasteiger partial charge in [-0.05, 0) is 48.5 Å². The number of halogens is 1. The van der Waals surface area contributed by atoms with Crippen molar-refractivity contribution in [3.8, 4) is 0 Å². The first-order valence-corrected chi connectivity index (χ1v) is 11.8. The molecule has 1 N–H and O–H groups in total. The van der Waals surface area contributed by atoms with Crippen LogP contribution in [0.5, 0.6) is 0 Å². The molecule has 1 aromatic heterocycles. The first-order valence-electron chi connectivity index (χ1n) is 9.32. The second-order valence-electron chi connectivity index (χ2n) is 6.74. The Morgan fingerprint density at radius 1 is 0.935 bits per heavy atom. The van der Waals surface area contributed by atoms with Gasteiger partial charge >= 0.3 is 5.63 Å². The normalized spacial score (nSPS) is 12.1. The molecule has 6 nitrogen and oxygen atoms in total. The highest BCUT2D eigenvalue weighted by atomic mass is 79.9. The molecule has 0 bridgehead atoms. The van der Waals surface area contributed by atoms with Gasteiger partial charge in [0.05, 0.1) is 27.6 Å². The number of nitrogens with one attached hydrogen (secondary N) is 1. The third-order valence-electron chi connectivity index (χ3n) is 4.53. The van der Waals surface area contributed by atoms with Crippen LogP contribution in [0.2, 0.25) is 0 Å². The summed E-state index contributed by atoms with van der Waals surface area (Å²) in [6.45, 7) is 0. The molecule has 0 atom stereocenters. The van der Waals surface area contributed by atoms with Gasteiger partial charge in [-0.15, -0.1) is 0 Å². The molecule has 0 aliphatic carbocycles. The van der Waals surface area contributed by atoms with Gasteiger partial charge in [0.2, 0.25) is 0 Å². The first kappa shape index (κ1) is 21.0. The van der Waals surface area contributed by atoms with Crippen molar-refractivity contribution in [2.24, 2.45) is 5.10 Å². The molecule has 0 aliphatic rings. The summed E-state index contributed by atoms with van der Waals surface area (Å²) in [5, 5.41) is 4.93. The topological polar surface area (TPSA) is 88.7 Å². The summed E-state index contributed by atoms with van der Waals surface area (Å²) in [6.07, 6.45) is 0. The maximum Gasteiger partial charge on any atom is 0.345 e. The van der Waals surface area contributed by atoms with Crippen LogP contribution in [0.4, 0.5) is 5.69 Å². The Morgan fingerprint density at radius 2 is 1.61 bits per heavy atom. The van der Waals surface area contributed by atoms with Gasteiger partial charge in [0.1, 0.15) is 5.58 Å². The minimum Gasteiger partial charge on any atom is -0.422 e. The van der Waals surface area contributed by atoms with Crippen molar-refractivity contribution >= 4 is 48.1 Å². The van der Waals surface area contributed by atoms with Crippen LogP contribution in [-0.2, 0) is 9.84 Å². The SMILES string of the molecule is O=c1oc2ccc(Br)cc2cc1/C(CS(=O)(=O)c1ccccc1)=N/Nc1ccccc1. The van der Waals surface area contributed by atoms with E-state index in [4.69, 9.17) is 4.42 Å².